The Hall–Kier alpha value is -2.25. The van der Waals surface area contributed by atoms with Crippen molar-refractivity contribution in [2.24, 2.45) is 0 Å². The number of hydrogen-bond donors (Lipinski definition) is 3. The van der Waals surface area contributed by atoms with Crippen molar-refractivity contribution >= 4 is 23.8 Å². The topological polar surface area (TPSA) is 96.5 Å². The van der Waals surface area contributed by atoms with Crippen LogP contribution in [-0.4, -0.2) is 31.2 Å². The van der Waals surface area contributed by atoms with Crippen molar-refractivity contribution < 1.29 is 19.2 Å². The Morgan fingerprint density at radius 1 is 1.26 bits per heavy atom. The van der Waals surface area contributed by atoms with Crippen LogP contribution in [0, 0.1) is 0 Å². The van der Waals surface area contributed by atoms with Gasteiger partial charge >= 0.3 is 0 Å². The van der Waals surface area contributed by atoms with E-state index in [1.165, 1.54) is 0 Å². The van der Waals surface area contributed by atoms with Crippen LogP contribution in [0.25, 0.3) is 0 Å². The molecule has 0 aromatic heterocycles. The SMILES string of the molecule is CNOCc1ccc(NC(=O)[C@@H](C)NC(=O)CCCC=O)cc1. The quantitative estimate of drug-likeness (QED) is 0.341. The van der Waals surface area contributed by atoms with Gasteiger partial charge in [-0.05, 0) is 31.0 Å². The van der Waals surface area contributed by atoms with Crippen LogP contribution in [0.2, 0.25) is 0 Å². The summed E-state index contributed by atoms with van der Waals surface area (Å²) in [4.78, 5) is 38.9. The van der Waals surface area contributed by atoms with Crippen LogP contribution in [-0.2, 0) is 25.8 Å². The largest absolute Gasteiger partial charge is 0.345 e. The summed E-state index contributed by atoms with van der Waals surface area (Å²) in [6, 6.07) is 6.58. The summed E-state index contributed by atoms with van der Waals surface area (Å²) in [6.07, 6.45) is 1.84. The van der Waals surface area contributed by atoms with E-state index in [1.54, 1.807) is 26.1 Å². The maximum absolute atomic E-state index is 12.0. The summed E-state index contributed by atoms with van der Waals surface area (Å²) in [7, 11) is 1.68. The average molecular weight is 321 g/mol. The molecule has 0 aliphatic rings. The highest BCUT2D eigenvalue weighted by atomic mass is 16.6. The molecule has 0 saturated carbocycles. The summed E-state index contributed by atoms with van der Waals surface area (Å²) >= 11 is 0. The third-order valence-corrected chi connectivity index (χ3v) is 3.10. The Labute approximate surface area is 135 Å². The minimum Gasteiger partial charge on any atom is -0.345 e. The van der Waals surface area contributed by atoms with Crippen LogP contribution >= 0.6 is 0 Å². The normalized spacial score (nSPS) is 11.6. The van der Waals surface area contributed by atoms with E-state index in [0.717, 1.165) is 11.8 Å². The maximum Gasteiger partial charge on any atom is 0.246 e. The van der Waals surface area contributed by atoms with Crippen molar-refractivity contribution in [1.82, 2.24) is 10.8 Å². The molecule has 0 saturated heterocycles. The second-order valence-electron chi connectivity index (χ2n) is 5.03. The number of carbonyl (C=O) groups excluding carboxylic acids is 3. The van der Waals surface area contributed by atoms with Crippen molar-refractivity contribution in [3.8, 4) is 0 Å². The lowest BCUT2D eigenvalue weighted by Gasteiger charge is -2.14. The average Bonchev–Trinajstić information content (AvgIpc) is 2.54. The molecule has 0 aliphatic carbocycles. The number of aldehydes is 1. The molecule has 0 heterocycles. The van der Waals surface area contributed by atoms with Gasteiger partial charge in [-0.25, -0.2) is 5.48 Å². The number of nitrogens with one attached hydrogen (secondary N) is 3. The molecule has 0 fully saturated rings. The molecule has 7 nitrogen and oxygen atoms in total. The molecule has 0 radical (unpaired) electrons. The van der Waals surface area contributed by atoms with Crippen LogP contribution in [0.1, 0.15) is 31.7 Å². The Kier molecular flexibility index (Phi) is 8.56. The molecule has 1 aromatic carbocycles. The number of hydroxylamine groups is 1. The van der Waals surface area contributed by atoms with Gasteiger partial charge in [0.15, 0.2) is 0 Å². The lowest BCUT2D eigenvalue weighted by molar-refractivity contribution is -0.126. The highest BCUT2D eigenvalue weighted by molar-refractivity contribution is 5.96. The standard InChI is InChI=1S/C16H23N3O4/c1-12(18-15(21)5-3-4-10-20)16(22)19-14-8-6-13(7-9-14)11-23-17-2/h6-10,12,17H,3-5,11H2,1-2H3,(H,18,21)(H,19,22)/t12-/m1/s1. The number of amides is 2. The minimum absolute atomic E-state index is 0.233. The van der Waals surface area contributed by atoms with Crippen molar-refractivity contribution in [1.29, 1.82) is 0 Å². The summed E-state index contributed by atoms with van der Waals surface area (Å²) in [6.45, 7) is 2.04. The summed E-state index contributed by atoms with van der Waals surface area (Å²) in [5, 5.41) is 5.33. The Bertz CT molecular complexity index is 517. The molecule has 1 aromatic rings. The predicted molar refractivity (Wildman–Crippen MR) is 86.4 cm³/mol. The van der Waals surface area contributed by atoms with Crippen LogP contribution in [0.4, 0.5) is 5.69 Å². The van der Waals surface area contributed by atoms with Gasteiger partial charge in [-0.3, -0.25) is 14.4 Å². The summed E-state index contributed by atoms with van der Waals surface area (Å²) < 4.78 is 0. The Balaban J connectivity index is 2.41. The fourth-order valence-electron chi connectivity index (χ4n) is 1.82. The lowest BCUT2D eigenvalue weighted by Crippen LogP contribution is -2.41. The molecule has 3 N–H and O–H groups in total. The number of unbranched alkanes of at least 4 members (excludes halogenated alkanes) is 1. The van der Waals surface area contributed by atoms with Gasteiger partial charge in [0.25, 0.3) is 0 Å². The van der Waals surface area contributed by atoms with E-state index in [9.17, 15) is 14.4 Å². The van der Waals surface area contributed by atoms with Gasteiger partial charge in [0.05, 0.1) is 6.61 Å². The van der Waals surface area contributed by atoms with Crippen LogP contribution in [0.3, 0.4) is 0 Å². The third kappa shape index (κ3) is 7.53. The van der Waals surface area contributed by atoms with E-state index in [2.05, 4.69) is 16.1 Å². The van der Waals surface area contributed by atoms with Gasteiger partial charge in [-0.1, -0.05) is 12.1 Å². The van der Waals surface area contributed by atoms with Gasteiger partial charge in [0.2, 0.25) is 11.8 Å². The molecule has 2 amide bonds. The molecule has 7 heteroatoms. The summed E-state index contributed by atoms with van der Waals surface area (Å²) in [5.41, 5.74) is 4.20. The predicted octanol–water partition coefficient (Wildman–Crippen LogP) is 1.15. The molecule has 1 atom stereocenters. The first-order valence-corrected chi connectivity index (χ1v) is 7.48. The minimum atomic E-state index is -0.647. The second-order valence-corrected chi connectivity index (χ2v) is 5.03. The van der Waals surface area contributed by atoms with E-state index < -0.39 is 6.04 Å². The summed E-state index contributed by atoms with van der Waals surface area (Å²) in [5.74, 6) is -0.540. The van der Waals surface area contributed by atoms with E-state index in [0.29, 0.717) is 25.1 Å². The first-order chi connectivity index (χ1) is 11.1. The number of hydrogen-bond acceptors (Lipinski definition) is 5. The zero-order chi connectivity index (χ0) is 17.1. The first-order valence-electron chi connectivity index (χ1n) is 7.48. The Morgan fingerprint density at radius 3 is 2.57 bits per heavy atom. The van der Waals surface area contributed by atoms with Crippen molar-refractivity contribution in [2.45, 2.75) is 38.8 Å². The molecular weight excluding hydrogens is 298 g/mol. The highest BCUT2D eigenvalue weighted by Gasteiger charge is 2.15. The van der Waals surface area contributed by atoms with Crippen molar-refractivity contribution in [3.63, 3.8) is 0 Å². The van der Waals surface area contributed by atoms with E-state index >= 15 is 0 Å². The zero-order valence-electron chi connectivity index (χ0n) is 13.4. The number of rotatable bonds is 10. The van der Waals surface area contributed by atoms with Crippen LogP contribution in [0.5, 0.6) is 0 Å². The number of anilines is 1. The van der Waals surface area contributed by atoms with Gasteiger partial charge < -0.3 is 15.4 Å². The fraction of sp³-hybridized carbons (Fsp3) is 0.438. The molecule has 1 rings (SSSR count). The lowest BCUT2D eigenvalue weighted by atomic mass is 10.2. The molecular formula is C16H23N3O4. The van der Waals surface area contributed by atoms with Gasteiger partial charge in [0.1, 0.15) is 12.3 Å². The molecule has 126 valence electrons. The number of carbonyl (C=O) groups is 3. The molecule has 0 aliphatic heterocycles. The zero-order valence-corrected chi connectivity index (χ0v) is 13.4. The van der Waals surface area contributed by atoms with Crippen LogP contribution in [0.15, 0.2) is 24.3 Å². The van der Waals surface area contributed by atoms with E-state index in [1.807, 2.05) is 12.1 Å². The molecule has 23 heavy (non-hydrogen) atoms. The van der Waals surface area contributed by atoms with Crippen molar-refractivity contribution in [2.75, 3.05) is 12.4 Å². The van der Waals surface area contributed by atoms with Crippen molar-refractivity contribution in [3.05, 3.63) is 29.8 Å². The first kappa shape index (κ1) is 18.8. The molecule has 0 unspecified atom stereocenters. The van der Waals surface area contributed by atoms with Gasteiger partial charge in [-0.15, -0.1) is 0 Å². The van der Waals surface area contributed by atoms with E-state index in [4.69, 9.17) is 4.84 Å². The smallest absolute Gasteiger partial charge is 0.246 e. The van der Waals surface area contributed by atoms with E-state index in [-0.39, 0.29) is 18.2 Å². The third-order valence-electron chi connectivity index (χ3n) is 3.10. The monoisotopic (exact) mass is 321 g/mol. The van der Waals surface area contributed by atoms with Crippen LogP contribution < -0.4 is 16.1 Å². The number of benzene rings is 1. The molecule has 0 spiro atoms. The van der Waals surface area contributed by atoms with Gasteiger partial charge in [0, 0.05) is 25.6 Å². The van der Waals surface area contributed by atoms with Gasteiger partial charge in [-0.2, -0.15) is 0 Å². The molecule has 0 bridgehead atoms. The Morgan fingerprint density at radius 2 is 1.96 bits per heavy atom. The fourth-order valence-corrected chi connectivity index (χ4v) is 1.82. The second kappa shape index (κ2) is 10.5. The maximum atomic E-state index is 12.0. The highest BCUT2D eigenvalue weighted by Crippen LogP contribution is 2.10.